The number of imidazole rings is 1. The smallest absolute Gasteiger partial charge is 0.269 e. The molecule has 2 aliphatic rings. The molecule has 4 heterocycles. The predicted molar refractivity (Wildman–Crippen MR) is 113 cm³/mol. The van der Waals surface area contributed by atoms with Crippen LogP contribution in [0, 0.1) is 0 Å². The van der Waals surface area contributed by atoms with Crippen molar-refractivity contribution in [1.29, 1.82) is 0 Å². The van der Waals surface area contributed by atoms with Gasteiger partial charge in [0.05, 0.1) is 12.5 Å². The molecule has 0 bridgehead atoms. The van der Waals surface area contributed by atoms with E-state index in [0.29, 0.717) is 24.7 Å². The minimum atomic E-state index is -0.379. The van der Waals surface area contributed by atoms with Crippen molar-refractivity contribution in [3.63, 3.8) is 0 Å². The third kappa shape index (κ3) is 4.89. The van der Waals surface area contributed by atoms with E-state index in [1.54, 1.807) is 12.5 Å². The van der Waals surface area contributed by atoms with Crippen molar-refractivity contribution < 1.29 is 9.63 Å². The second-order valence-corrected chi connectivity index (χ2v) is 8.64. The van der Waals surface area contributed by atoms with Crippen molar-refractivity contribution in [3.8, 4) is 0 Å². The summed E-state index contributed by atoms with van der Waals surface area (Å²) < 4.78 is 3.98. The number of carbonyl (C=O) groups excluding carboxylic acids is 1. The first kappa shape index (κ1) is 20.6. The van der Waals surface area contributed by atoms with E-state index in [-0.39, 0.29) is 11.5 Å². The van der Waals surface area contributed by atoms with Crippen LogP contribution >= 0.6 is 0 Å². The van der Waals surface area contributed by atoms with Gasteiger partial charge in [0.25, 0.3) is 5.91 Å². The van der Waals surface area contributed by atoms with Crippen LogP contribution in [0.1, 0.15) is 51.1 Å². The number of hydrogen-bond donors (Lipinski definition) is 1. The fourth-order valence-corrected chi connectivity index (χ4v) is 4.17. The van der Waals surface area contributed by atoms with Crippen molar-refractivity contribution in [1.82, 2.24) is 29.5 Å². The number of nitrogens with one attached hydrogen (secondary N) is 1. The molecule has 2 aromatic heterocycles. The number of piperidine rings is 1. The molecule has 2 aliphatic heterocycles. The molecular formula is C21H31N7O2. The van der Waals surface area contributed by atoms with E-state index in [1.807, 2.05) is 21.6 Å². The van der Waals surface area contributed by atoms with Gasteiger partial charge in [-0.25, -0.2) is 4.98 Å². The van der Waals surface area contributed by atoms with Gasteiger partial charge < -0.3 is 14.7 Å². The lowest BCUT2D eigenvalue weighted by Gasteiger charge is -2.38. The standard InChI is InChI=1S/C21H31N7O2/c1-17(2)28-14-18(12-24-28)13-27-8-3-5-21(15-27)11-19(25-30-21)20(29)23-6-4-9-26-10-7-22-16-26/h7,10,12,14,16-17H,3-6,8-9,11,13,15H2,1-2H3,(H,23,29)/t21-/m1/s1. The average molecular weight is 414 g/mol. The summed E-state index contributed by atoms with van der Waals surface area (Å²) in [6.07, 6.45) is 12.9. The van der Waals surface area contributed by atoms with Gasteiger partial charge in [-0.05, 0) is 39.7 Å². The van der Waals surface area contributed by atoms with Crippen LogP contribution in [0.3, 0.4) is 0 Å². The number of aromatic nitrogens is 4. The molecule has 0 saturated carbocycles. The zero-order valence-electron chi connectivity index (χ0n) is 17.8. The highest BCUT2D eigenvalue weighted by molar-refractivity contribution is 6.39. The fourth-order valence-electron chi connectivity index (χ4n) is 4.17. The summed E-state index contributed by atoms with van der Waals surface area (Å²) in [6, 6.07) is 0.360. The highest BCUT2D eigenvalue weighted by Gasteiger charge is 2.44. The molecule has 30 heavy (non-hydrogen) atoms. The Balaban J connectivity index is 1.24. The van der Waals surface area contributed by atoms with Crippen LogP contribution in [-0.4, -0.2) is 61.1 Å². The lowest BCUT2D eigenvalue weighted by Crippen LogP contribution is -2.48. The molecule has 0 radical (unpaired) electrons. The fraction of sp³-hybridized carbons (Fsp3) is 0.619. The van der Waals surface area contributed by atoms with Crippen molar-refractivity contribution >= 4 is 11.6 Å². The van der Waals surface area contributed by atoms with Crippen molar-refractivity contribution in [3.05, 3.63) is 36.7 Å². The van der Waals surface area contributed by atoms with Crippen LogP contribution in [0.15, 0.2) is 36.3 Å². The van der Waals surface area contributed by atoms with Crippen molar-refractivity contribution in [2.45, 2.75) is 64.3 Å². The van der Waals surface area contributed by atoms with E-state index in [2.05, 4.69) is 45.5 Å². The Kier molecular flexibility index (Phi) is 6.17. The average Bonchev–Trinajstić information content (AvgIpc) is 3.47. The van der Waals surface area contributed by atoms with Gasteiger partial charge in [-0.1, -0.05) is 5.16 Å². The minimum absolute atomic E-state index is 0.118. The zero-order chi connectivity index (χ0) is 21.0. The van der Waals surface area contributed by atoms with E-state index >= 15 is 0 Å². The number of carbonyl (C=O) groups is 1. The molecule has 162 valence electrons. The Morgan fingerprint density at radius 2 is 2.30 bits per heavy atom. The molecular weight excluding hydrogens is 382 g/mol. The molecule has 1 saturated heterocycles. The Morgan fingerprint density at radius 3 is 3.07 bits per heavy atom. The second-order valence-electron chi connectivity index (χ2n) is 8.64. The van der Waals surface area contributed by atoms with E-state index < -0.39 is 0 Å². The molecule has 1 amide bonds. The summed E-state index contributed by atoms with van der Waals surface area (Å²) >= 11 is 0. The zero-order valence-corrected chi connectivity index (χ0v) is 17.8. The molecule has 9 heteroatoms. The second kappa shape index (κ2) is 8.99. The summed E-state index contributed by atoms with van der Waals surface area (Å²) in [6.45, 7) is 8.33. The number of rotatable bonds is 8. The van der Waals surface area contributed by atoms with Gasteiger partial charge >= 0.3 is 0 Å². The maximum absolute atomic E-state index is 12.5. The first-order chi connectivity index (χ1) is 14.5. The number of nitrogens with zero attached hydrogens (tertiary/aromatic N) is 6. The summed E-state index contributed by atoms with van der Waals surface area (Å²) in [5.74, 6) is -0.118. The Labute approximate surface area is 177 Å². The summed E-state index contributed by atoms with van der Waals surface area (Å²) in [5.41, 5.74) is 1.33. The van der Waals surface area contributed by atoms with Gasteiger partial charge in [-0.2, -0.15) is 5.10 Å². The highest BCUT2D eigenvalue weighted by atomic mass is 16.7. The molecule has 1 N–H and O–H groups in total. The Morgan fingerprint density at radius 1 is 1.40 bits per heavy atom. The van der Waals surface area contributed by atoms with Crippen LogP contribution in [0.2, 0.25) is 0 Å². The molecule has 1 fully saturated rings. The normalized spacial score (nSPS) is 21.8. The predicted octanol–water partition coefficient (Wildman–Crippen LogP) is 1.98. The maximum Gasteiger partial charge on any atom is 0.269 e. The molecule has 0 aromatic carbocycles. The first-order valence-corrected chi connectivity index (χ1v) is 10.8. The third-order valence-electron chi connectivity index (χ3n) is 5.75. The lowest BCUT2D eigenvalue weighted by atomic mass is 9.88. The number of aryl methyl sites for hydroxylation is 1. The van der Waals surface area contributed by atoms with E-state index in [0.717, 1.165) is 45.4 Å². The molecule has 0 aliphatic carbocycles. The molecule has 4 rings (SSSR count). The number of hydrogen-bond acceptors (Lipinski definition) is 6. The van der Waals surface area contributed by atoms with E-state index in [9.17, 15) is 4.79 Å². The first-order valence-electron chi connectivity index (χ1n) is 10.8. The Bertz CT molecular complexity index is 874. The summed E-state index contributed by atoms with van der Waals surface area (Å²) in [5, 5.41) is 11.6. The van der Waals surface area contributed by atoms with Crippen LogP contribution in [0.25, 0.3) is 0 Å². The summed E-state index contributed by atoms with van der Waals surface area (Å²) in [7, 11) is 0. The van der Waals surface area contributed by atoms with Gasteiger partial charge in [0.15, 0.2) is 5.60 Å². The van der Waals surface area contributed by atoms with Crippen molar-refractivity contribution in [2.75, 3.05) is 19.6 Å². The van der Waals surface area contributed by atoms with Gasteiger partial charge in [-0.15, -0.1) is 0 Å². The Hall–Kier alpha value is -2.68. The topological polar surface area (TPSA) is 89.6 Å². The number of oxime groups is 1. The van der Waals surface area contributed by atoms with E-state index in [1.165, 1.54) is 5.56 Å². The van der Waals surface area contributed by atoms with E-state index in [4.69, 9.17) is 4.84 Å². The molecule has 0 unspecified atom stereocenters. The van der Waals surface area contributed by atoms with Gasteiger partial charge in [0.1, 0.15) is 5.71 Å². The van der Waals surface area contributed by atoms with Crippen molar-refractivity contribution in [2.24, 2.45) is 5.16 Å². The van der Waals surface area contributed by atoms with Crippen LogP contribution < -0.4 is 5.32 Å². The minimum Gasteiger partial charge on any atom is -0.387 e. The number of likely N-dealkylation sites (tertiary alicyclic amines) is 1. The molecule has 1 spiro atoms. The molecule has 2 aromatic rings. The molecule has 9 nitrogen and oxygen atoms in total. The third-order valence-corrected chi connectivity index (χ3v) is 5.75. The van der Waals surface area contributed by atoms with Crippen LogP contribution in [-0.2, 0) is 22.7 Å². The quantitative estimate of drug-likeness (QED) is 0.669. The van der Waals surface area contributed by atoms with Crippen LogP contribution in [0.5, 0.6) is 0 Å². The SMILES string of the molecule is CC(C)n1cc(CN2CCC[C@@]3(CC(C(=O)NCCCn4ccnc4)=NO3)C2)cn1. The highest BCUT2D eigenvalue weighted by Crippen LogP contribution is 2.34. The van der Waals surface area contributed by atoms with Gasteiger partial charge in [0, 0.05) is 62.8 Å². The van der Waals surface area contributed by atoms with Crippen LogP contribution in [0.4, 0.5) is 0 Å². The monoisotopic (exact) mass is 413 g/mol. The number of amides is 1. The maximum atomic E-state index is 12.5. The lowest BCUT2D eigenvalue weighted by molar-refractivity contribution is -0.114. The van der Waals surface area contributed by atoms with Gasteiger partial charge in [-0.3, -0.25) is 14.4 Å². The largest absolute Gasteiger partial charge is 0.387 e. The van der Waals surface area contributed by atoms with Gasteiger partial charge in [0.2, 0.25) is 0 Å². The molecule has 1 atom stereocenters. The summed E-state index contributed by atoms with van der Waals surface area (Å²) in [4.78, 5) is 24.8.